The van der Waals surface area contributed by atoms with E-state index in [2.05, 4.69) is 31.9 Å². The lowest BCUT2D eigenvalue weighted by atomic mass is 9.81. The number of piperazine rings is 1. The van der Waals surface area contributed by atoms with Gasteiger partial charge < -0.3 is 19.5 Å². The van der Waals surface area contributed by atoms with Crippen LogP contribution in [0.3, 0.4) is 0 Å². The van der Waals surface area contributed by atoms with Gasteiger partial charge in [0.1, 0.15) is 0 Å². The van der Waals surface area contributed by atoms with Crippen LogP contribution in [0.2, 0.25) is 0 Å². The molecule has 1 aliphatic carbocycles. The van der Waals surface area contributed by atoms with E-state index < -0.39 is 5.60 Å². The molecule has 0 atom stereocenters. The largest absolute Gasteiger partial charge is 0.454 e. The van der Waals surface area contributed by atoms with Crippen LogP contribution in [0.5, 0.6) is 11.5 Å². The molecular weight excluding hydrogens is 368 g/mol. The third-order valence-corrected chi connectivity index (χ3v) is 6.35. The zero-order valence-corrected chi connectivity index (χ0v) is 16.7. The van der Waals surface area contributed by atoms with Gasteiger partial charge in [0.05, 0.1) is 5.60 Å². The number of fused-ring (bicyclic) bond motifs is 1. The molecule has 0 bridgehead atoms. The van der Waals surface area contributed by atoms with E-state index in [-0.39, 0.29) is 0 Å². The van der Waals surface area contributed by atoms with E-state index in [0.29, 0.717) is 6.79 Å². The Bertz CT molecular complexity index is 844. The van der Waals surface area contributed by atoms with Gasteiger partial charge in [-0.15, -0.1) is 0 Å². The SMILES string of the molecule is OC1(c2cnc(N3CCN(Cc4ccc5c(c4)OCO5)CC3)nc2)CCCCC1. The number of nitrogens with zero attached hydrogens (tertiary/aromatic N) is 4. The first kappa shape index (κ1) is 18.6. The predicted molar refractivity (Wildman–Crippen MR) is 109 cm³/mol. The molecule has 0 amide bonds. The zero-order chi connectivity index (χ0) is 19.7. The van der Waals surface area contributed by atoms with E-state index in [1.54, 1.807) is 0 Å². The fraction of sp³-hybridized carbons (Fsp3) is 0.545. The average Bonchev–Trinajstić information content (AvgIpc) is 3.23. The van der Waals surface area contributed by atoms with Crippen LogP contribution in [0.1, 0.15) is 43.2 Å². The van der Waals surface area contributed by atoms with Crippen LogP contribution in [0.25, 0.3) is 0 Å². The van der Waals surface area contributed by atoms with Crippen LogP contribution in [0.15, 0.2) is 30.6 Å². The molecule has 154 valence electrons. The van der Waals surface area contributed by atoms with Gasteiger partial charge >= 0.3 is 0 Å². The van der Waals surface area contributed by atoms with E-state index in [1.807, 2.05) is 18.5 Å². The molecule has 0 radical (unpaired) electrons. The Kier molecular flexibility index (Phi) is 5.01. The Balaban J connectivity index is 1.17. The van der Waals surface area contributed by atoms with Crippen molar-refractivity contribution < 1.29 is 14.6 Å². The van der Waals surface area contributed by atoms with Crippen molar-refractivity contribution in [3.63, 3.8) is 0 Å². The number of benzene rings is 1. The van der Waals surface area contributed by atoms with Gasteiger partial charge in [-0.25, -0.2) is 9.97 Å². The molecule has 0 spiro atoms. The zero-order valence-electron chi connectivity index (χ0n) is 16.7. The highest BCUT2D eigenvalue weighted by molar-refractivity contribution is 5.44. The number of hydrogen-bond donors (Lipinski definition) is 1. The molecule has 5 rings (SSSR count). The van der Waals surface area contributed by atoms with Gasteiger partial charge in [0.25, 0.3) is 0 Å². The Morgan fingerprint density at radius 1 is 0.931 bits per heavy atom. The lowest BCUT2D eigenvalue weighted by Crippen LogP contribution is -2.46. The second kappa shape index (κ2) is 7.80. The maximum atomic E-state index is 10.9. The maximum absolute atomic E-state index is 10.9. The summed E-state index contributed by atoms with van der Waals surface area (Å²) in [6.45, 7) is 4.93. The summed E-state index contributed by atoms with van der Waals surface area (Å²) in [5.74, 6) is 2.43. The fourth-order valence-electron chi connectivity index (χ4n) is 4.55. The highest BCUT2D eigenvalue weighted by Gasteiger charge is 2.32. The molecule has 1 saturated heterocycles. The normalized spacial score (nSPS) is 21.3. The fourth-order valence-corrected chi connectivity index (χ4v) is 4.55. The van der Waals surface area contributed by atoms with Gasteiger partial charge in [-0.2, -0.15) is 0 Å². The summed E-state index contributed by atoms with van der Waals surface area (Å²) in [5.41, 5.74) is 1.37. The van der Waals surface area contributed by atoms with Crippen LogP contribution in [0.4, 0.5) is 5.95 Å². The van der Waals surface area contributed by atoms with Gasteiger partial charge in [0.15, 0.2) is 11.5 Å². The standard InChI is InChI=1S/C22H28N4O3/c27-22(6-2-1-3-7-22)18-13-23-21(24-14-18)26-10-8-25(9-11-26)15-17-4-5-19-20(12-17)29-16-28-19/h4-5,12-14,27H,1-3,6-11,15-16H2. The first-order valence-corrected chi connectivity index (χ1v) is 10.6. The Labute approximate surface area is 171 Å². The maximum Gasteiger partial charge on any atom is 0.231 e. The number of ether oxygens (including phenoxy) is 2. The van der Waals surface area contributed by atoms with E-state index in [0.717, 1.165) is 81.4 Å². The van der Waals surface area contributed by atoms with Crippen LogP contribution < -0.4 is 14.4 Å². The molecule has 1 aromatic heterocycles. The summed E-state index contributed by atoms with van der Waals surface area (Å²) in [6, 6.07) is 6.17. The minimum Gasteiger partial charge on any atom is -0.454 e. The lowest BCUT2D eigenvalue weighted by molar-refractivity contribution is -0.00123. The van der Waals surface area contributed by atoms with Crippen molar-refractivity contribution in [1.82, 2.24) is 14.9 Å². The summed E-state index contributed by atoms with van der Waals surface area (Å²) < 4.78 is 10.9. The lowest BCUT2D eigenvalue weighted by Gasteiger charge is -2.35. The smallest absolute Gasteiger partial charge is 0.231 e. The second-order valence-electron chi connectivity index (χ2n) is 8.31. The molecule has 29 heavy (non-hydrogen) atoms. The molecule has 2 aliphatic heterocycles. The number of anilines is 1. The van der Waals surface area contributed by atoms with E-state index in [9.17, 15) is 5.11 Å². The molecule has 1 N–H and O–H groups in total. The average molecular weight is 396 g/mol. The highest BCUT2D eigenvalue weighted by atomic mass is 16.7. The quantitative estimate of drug-likeness (QED) is 0.852. The number of aromatic nitrogens is 2. The molecule has 1 saturated carbocycles. The van der Waals surface area contributed by atoms with Crippen molar-refractivity contribution in [3.8, 4) is 11.5 Å². The van der Waals surface area contributed by atoms with Crippen molar-refractivity contribution in [1.29, 1.82) is 0 Å². The molecule has 3 aliphatic rings. The number of aliphatic hydroxyl groups is 1. The Morgan fingerprint density at radius 2 is 1.66 bits per heavy atom. The van der Waals surface area contributed by atoms with Crippen molar-refractivity contribution in [3.05, 3.63) is 41.7 Å². The highest BCUT2D eigenvalue weighted by Crippen LogP contribution is 2.36. The molecule has 0 unspecified atom stereocenters. The van der Waals surface area contributed by atoms with Crippen LogP contribution in [-0.4, -0.2) is 52.9 Å². The molecule has 2 aromatic rings. The molecule has 7 nitrogen and oxygen atoms in total. The topological polar surface area (TPSA) is 71.0 Å². The third kappa shape index (κ3) is 3.89. The summed E-state index contributed by atoms with van der Waals surface area (Å²) in [6.07, 6.45) is 8.63. The number of hydrogen-bond acceptors (Lipinski definition) is 7. The summed E-state index contributed by atoms with van der Waals surface area (Å²) in [4.78, 5) is 13.8. The Hall–Kier alpha value is -2.38. The second-order valence-corrected chi connectivity index (χ2v) is 8.31. The van der Waals surface area contributed by atoms with Gasteiger partial charge in [0.2, 0.25) is 12.7 Å². The minimum absolute atomic E-state index is 0.313. The third-order valence-electron chi connectivity index (χ3n) is 6.35. The monoisotopic (exact) mass is 396 g/mol. The Morgan fingerprint density at radius 3 is 2.41 bits per heavy atom. The predicted octanol–water partition coefficient (Wildman–Crippen LogP) is 2.68. The minimum atomic E-state index is -0.736. The van der Waals surface area contributed by atoms with E-state index in [4.69, 9.17) is 9.47 Å². The van der Waals surface area contributed by atoms with Crippen molar-refractivity contribution in [2.24, 2.45) is 0 Å². The van der Waals surface area contributed by atoms with Gasteiger partial charge in [-0.3, -0.25) is 4.90 Å². The summed E-state index contributed by atoms with van der Waals surface area (Å²) in [5, 5.41) is 10.9. The molecular formula is C22H28N4O3. The van der Waals surface area contributed by atoms with Crippen LogP contribution in [-0.2, 0) is 12.1 Å². The van der Waals surface area contributed by atoms with E-state index >= 15 is 0 Å². The van der Waals surface area contributed by atoms with Gasteiger partial charge in [0, 0.05) is 50.7 Å². The summed E-state index contributed by atoms with van der Waals surface area (Å²) in [7, 11) is 0. The van der Waals surface area contributed by atoms with Crippen LogP contribution in [0, 0.1) is 0 Å². The van der Waals surface area contributed by atoms with Crippen molar-refractivity contribution in [2.75, 3.05) is 37.9 Å². The molecule has 3 heterocycles. The first-order chi connectivity index (χ1) is 14.2. The molecule has 2 fully saturated rings. The van der Waals surface area contributed by atoms with E-state index in [1.165, 1.54) is 12.0 Å². The number of rotatable bonds is 4. The molecule has 1 aromatic carbocycles. The van der Waals surface area contributed by atoms with Crippen LogP contribution >= 0.6 is 0 Å². The first-order valence-electron chi connectivity index (χ1n) is 10.6. The van der Waals surface area contributed by atoms with Crippen molar-refractivity contribution >= 4 is 5.95 Å². The van der Waals surface area contributed by atoms with Gasteiger partial charge in [-0.05, 0) is 30.5 Å². The molecule has 7 heteroatoms. The van der Waals surface area contributed by atoms with Gasteiger partial charge in [-0.1, -0.05) is 25.3 Å². The van der Waals surface area contributed by atoms with Crippen molar-refractivity contribution in [2.45, 2.75) is 44.2 Å². The summed E-state index contributed by atoms with van der Waals surface area (Å²) >= 11 is 0.